The number of rotatable bonds is 2. The highest BCUT2D eigenvalue weighted by molar-refractivity contribution is 6.34. The number of ether oxygens (including phenoxy) is 2. The van der Waals surface area contributed by atoms with E-state index in [2.05, 4.69) is 10.3 Å². The third-order valence-corrected chi connectivity index (χ3v) is 6.12. The number of halogens is 3. The number of nitrogens with zero attached hydrogens (tertiary/aromatic N) is 3. The largest absolute Gasteiger partial charge is 0.496 e. The SMILES string of the molecule is COc1cccc(F)c1-c1c(Cl)cc2c(c1F)N=C(N1CCN(C(=O)OC(C)(C)C)CC1)CNC2=O. The number of amides is 2. The van der Waals surface area contributed by atoms with Crippen LogP contribution in [0.1, 0.15) is 31.1 Å². The van der Waals surface area contributed by atoms with Crippen molar-refractivity contribution in [3.8, 4) is 16.9 Å². The molecule has 11 heteroatoms. The van der Waals surface area contributed by atoms with E-state index in [0.29, 0.717) is 32.0 Å². The number of methoxy groups -OCH3 is 1. The third kappa shape index (κ3) is 5.09. The maximum Gasteiger partial charge on any atom is 0.410 e. The molecule has 0 atom stereocenters. The van der Waals surface area contributed by atoms with Crippen LogP contribution in [0.2, 0.25) is 5.02 Å². The van der Waals surface area contributed by atoms with Crippen molar-refractivity contribution in [1.82, 2.24) is 15.1 Å². The van der Waals surface area contributed by atoms with Gasteiger partial charge in [-0.2, -0.15) is 0 Å². The summed E-state index contributed by atoms with van der Waals surface area (Å²) in [6, 6.07) is 5.38. The van der Waals surface area contributed by atoms with Gasteiger partial charge in [-0.3, -0.25) is 4.79 Å². The van der Waals surface area contributed by atoms with E-state index in [1.54, 1.807) is 25.7 Å². The van der Waals surface area contributed by atoms with E-state index >= 15 is 4.39 Å². The quantitative estimate of drug-likeness (QED) is 0.625. The van der Waals surface area contributed by atoms with Crippen LogP contribution in [0.3, 0.4) is 0 Å². The van der Waals surface area contributed by atoms with Crippen LogP contribution in [0.25, 0.3) is 11.1 Å². The van der Waals surface area contributed by atoms with Gasteiger partial charge in [0.05, 0.1) is 29.8 Å². The van der Waals surface area contributed by atoms with Gasteiger partial charge in [0.15, 0.2) is 5.82 Å². The summed E-state index contributed by atoms with van der Waals surface area (Å²) < 4.78 is 41.4. The Labute approximate surface area is 212 Å². The summed E-state index contributed by atoms with van der Waals surface area (Å²) in [4.78, 5) is 33.1. The first-order chi connectivity index (χ1) is 17.0. The highest BCUT2D eigenvalue weighted by Crippen LogP contribution is 2.43. The summed E-state index contributed by atoms with van der Waals surface area (Å²) in [6.45, 7) is 7.01. The van der Waals surface area contributed by atoms with Crippen molar-refractivity contribution in [2.45, 2.75) is 26.4 Å². The summed E-state index contributed by atoms with van der Waals surface area (Å²) >= 11 is 6.35. The molecule has 0 bridgehead atoms. The summed E-state index contributed by atoms with van der Waals surface area (Å²) in [7, 11) is 1.34. The average molecular weight is 521 g/mol. The maximum absolute atomic E-state index is 15.9. The van der Waals surface area contributed by atoms with Gasteiger partial charge in [-0.15, -0.1) is 0 Å². The lowest BCUT2D eigenvalue weighted by atomic mass is 9.99. The smallest absolute Gasteiger partial charge is 0.410 e. The number of nitrogens with one attached hydrogen (secondary N) is 1. The minimum Gasteiger partial charge on any atom is -0.496 e. The van der Waals surface area contributed by atoms with Gasteiger partial charge in [-0.1, -0.05) is 17.7 Å². The first kappa shape index (κ1) is 25.7. The number of benzene rings is 2. The molecule has 36 heavy (non-hydrogen) atoms. The van der Waals surface area contributed by atoms with Gasteiger partial charge in [-0.05, 0) is 39.0 Å². The molecule has 0 saturated carbocycles. The summed E-state index contributed by atoms with van der Waals surface area (Å²) in [5.41, 5.74) is -1.29. The van der Waals surface area contributed by atoms with E-state index in [9.17, 15) is 14.0 Å². The molecule has 2 aliphatic heterocycles. The van der Waals surface area contributed by atoms with Crippen molar-refractivity contribution in [3.05, 3.63) is 46.5 Å². The molecule has 0 spiro atoms. The van der Waals surface area contributed by atoms with Gasteiger partial charge >= 0.3 is 6.09 Å². The fraction of sp³-hybridized carbons (Fsp3) is 0.400. The molecule has 1 fully saturated rings. The van der Waals surface area contributed by atoms with Gasteiger partial charge in [-0.25, -0.2) is 18.6 Å². The minimum absolute atomic E-state index is 0.0510. The first-order valence-electron chi connectivity index (χ1n) is 11.4. The second-order valence-electron chi connectivity index (χ2n) is 9.43. The van der Waals surface area contributed by atoms with Gasteiger partial charge in [0.1, 0.15) is 28.7 Å². The topological polar surface area (TPSA) is 83.5 Å². The molecule has 0 radical (unpaired) electrons. The number of amidine groups is 1. The van der Waals surface area contributed by atoms with Crippen LogP contribution in [0.5, 0.6) is 5.75 Å². The minimum atomic E-state index is -0.928. The second-order valence-corrected chi connectivity index (χ2v) is 9.83. The Morgan fingerprint density at radius 3 is 2.47 bits per heavy atom. The zero-order valence-corrected chi connectivity index (χ0v) is 21.2. The molecule has 8 nitrogen and oxygen atoms in total. The molecule has 0 unspecified atom stereocenters. The lowest BCUT2D eigenvalue weighted by Crippen LogP contribution is -2.53. The summed E-state index contributed by atoms with van der Waals surface area (Å²) in [5, 5.41) is 2.58. The fourth-order valence-corrected chi connectivity index (χ4v) is 4.40. The molecule has 1 N–H and O–H groups in total. The van der Waals surface area contributed by atoms with E-state index in [0.717, 1.165) is 0 Å². The lowest BCUT2D eigenvalue weighted by Gasteiger charge is -2.37. The zero-order valence-electron chi connectivity index (χ0n) is 20.5. The van der Waals surface area contributed by atoms with Crippen molar-refractivity contribution >= 4 is 35.1 Å². The number of aliphatic imine (C=N–C) groups is 1. The number of carbonyl (C=O) groups excluding carboxylic acids is 2. The molecule has 2 aliphatic rings. The second kappa shape index (κ2) is 9.93. The summed E-state index contributed by atoms with van der Waals surface area (Å²) in [6.07, 6.45) is -0.409. The molecule has 4 rings (SSSR count). The fourth-order valence-electron chi connectivity index (χ4n) is 4.12. The zero-order chi connectivity index (χ0) is 26.2. The molecule has 2 aromatic rings. The van der Waals surface area contributed by atoms with Crippen LogP contribution in [0, 0.1) is 11.6 Å². The van der Waals surface area contributed by atoms with Gasteiger partial charge in [0.25, 0.3) is 5.91 Å². The maximum atomic E-state index is 15.9. The number of hydrogen-bond donors (Lipinski definition) is 1. The summed E-state index contributed by atoms with van der Waals surface area (Å²) in [5.74, 6) is -1.70. The average Bonchev–Trinajstić information content (AvgIpc) is 2.98. The van der Waals surface area contributed by atoms with Crippen molar-refractivity contribution in [1.29, 1.82) is 0 Å². The molecule has 2 amide bonds. The predicted molar refractivity (Wildman–Crippen MR) is 132 cm³/mol. The highest BCUT2D eigenvalue weighted by Gasteiger charge is 2.31. The molecule has 1 saturated heterocycles. The Balaban J connectivity index is 1.68. The van der Waals surface area contributed by atoms with Gasteiger partial charge < -0.3 is 24.6 Å². The Bertz CT molecular complexity index is 1240. The Kier molecular flexibility index (Phi) is 7.08. The Morgan fingerprint density at radius 2 is 1.83 bits per heavy atom. The molecule has 2 aromatic carbocycles. The monoisotopic (exact) mass is 520 g/mol. The van der Waals surface area contributed by atoms with Gasteiger partial charge in [0, 0.05) is 31.7 Å². The third-order valence-electron chi connectivity index (χ3n) is 5.83. The van der Waals surface area contributed by atoms with E-state index in [-0.39, 0.29) is 39.7 Å². The molecule has 0 aliphatic carbocycles. The lowest BCUT2D eigenvalue weighted by molar-refractivity contribution is 0.0186. The van der Waals surface area contributed by atoms with Crippen molar-refractivity contribution in [2.75, 3.05) is 39.8 Å². The number of hydrogen-bond acceptors (Lipinski definition) is 6. The van der Waals surface area contributed by atoms with E-state index in [4.69, 9.17) is 21.1 Å². The predicted octanol–water partition coefficient (Wildman–Crippen LogP) is 4.62. The Hall–Kier alpha value is -3.40. The molecular weight excluding hydrogens is 494 g/mol. The number of fused-ring (bicyclic) bond motifs is 1. The molecule has 0 aromatic heterocycles. The van der Waals surface area contributed by atoms with E-state index in [1.165, 1.54) is 31.4 Å². The van der Waals surface area contributed by atoms with Gasteiger partial charge in [0.2, 0.25) is 0 Å². The van der Waals surface area contributed by atoms with Crippen molar-refractivity contribution < 1.29 is 27.8 Å². The van der Waals surface area contributed by atoms with Crippen LogP contribution >= 0.6 is 11.6 Å². The van der Waals surface area contributed by atoms with Crippen molar-refractivity contribution in [3.63, 3.8) is 0 Å². The highest BCUT2D eigenvalue weighted by atomic mass is 35.5. The van der Waals surface area contributed by atoms with Crippen LogP contribution < -0.4 is 10.1 Å². The van der Waals surface area contributed by atoms with Crippen LogP contribution in [0.15, 0.2) is 29.3 Å². The van der Waals surface area contributed by atoms with Crippen molar-refractivity contribution in [2.24, 2.45) is 4.99 Å². The number of carbonyl (C=O) groups is 2. The molecule has 2 heterocycles. The molecule has 192 valence electrons. The van der Waals surface area contributed by atoms with Crippen LogP contribution in [0.4, 0.5) is 19.3 Å². The Morgan fingerprint density at radius 1 is 1.14 bits per heavy atom. The molecular formula is C25H27ClF2N4O4. The van der Waals surface area contributed by atoms with Crippen LogP contribution in [-0.4, -0.2) is 73.1 Å². The first-order valence-corrected chi connectivity index (χ1v) is 11.8. The number of piperazine rings is 1. The normalized spacial score (nSPS) is 16.1. The van der Waals surface area contributed by atoms with E-state index in [1.807, 2.05) is 4.90 Å². The standard InChI is InChI=1S/C25H27ClF2N4O4/c1-25(2,3)36-24(34)32-10-8-31(9-11-32)18-13-29-23(33)14-12-15(26)19(21(28)22(14)30-18)20-16(27)6-5-7-17(20)35-4/h5-7,12H,8-11,13H2,1-4H3,(H,29,33). The van der Waals surface area contributed by atoms with E-state index < -0.39 is 29.2 Å². The van der Waals surface area contributed by atoms with Crippen LogP contribution in [-0.2, 0) is 4.74 Å².